The zero-order valence-corrected chi connectivity index (χ0v) is 18.5. The molecule has 0 aliphatic rings. The van der Waals surface area contributed by atoms with Crippen LogP contribution in [0.1, 0.15) is 46.0 Å². The molecule has 0 aliphatic carbocycles. The van der Waals surface area contributed by atoms with E-state index in [1.54, 1.807) is 0 Å². The average molecular weight is 423 g/mol. The molecule has 0 saturated heterocycles. The van der Waals surface area contributed by atoms with E-state index in [-0.39, 0.29) is 5.97 Å². The Bertz CT molecular complexity index is 328. The highest BCUT2D eigenvalue weighted by Gasteiger charge is 1.99. The molecule has 0 aliphatic heterocycles. The molecular formula is C21H42O8. The second-order valence-corrected chi connectivity index (χ2v) is 6.35. The molecule has 29 heavy (non-hydrogen) atoms. The molecule has 0 radical (unpaired) electrons. The van der Waals surface area contributed by atoms with Crippen molar-refractivity contribution in [1.82, 2.24) is 0 Å². The van der Waals surface area contributed by atoms with Crippen molar-refractivity contribution >= 4 is 5.97 Å². The van der Waals surface area contributed by atoms with Crippen LogP contribution in [0.4, 0.5) is 0 Å². The predicted octanol–water partition coefficient (Wildman–Crippen LogP) is 2.62. The lowest BCUT2D eigenvalue weighted by molar-refractivity contribution is -0.145. The summed E-state index contributed by atoms with van der Waals surface area (Å²) in [4.78, 5) is 11.1. The van der Waals surface area contributed by atoms with Crippen molar-refractivity contribution < 1.29 is 38.0 Å². The molecule has 0 aromatic carbocycles. The van der Waals surface area contributed by atoms with Crippen molar-refractivity contribution in [2.75, 3.05) is 85.9 Å². The molecule has 0 N–H and O–H groups in total. The van der Waals surface area contributed by atoms with E-state index in [1.165, 1.54) is 12.8 Å². The van der Waals surface area contributed by atoms with Crippen LogP contribution in [0.5, 0.6) is 0 Å². The van der Waals surface area contributed by atoms with E-state index in [4.69, 9.17) is 33.2 Å². The van der Waals surface area contributed by atoms with Gasteiger partial charge in [-0.2, -0.15) is 0 Å². The summed E-state index contributed by atoms with van der Waals surface area (Å²) >= 11 is 0. The highest BCUT2D eigenvalue weighted by molar-refractivity contribution is 5.69. The van der Waals surface area contributed by atoms with Gasteiger partial charge in [-0.05, 0) is 12.8 Å². The Labute approximate surface area is 176 Å². The SMILES string of the molecule is CCCCCOCCOCCOCCOCCOCCOCCOC(=O)CCC. The molecule has 0 aromatic rings. The van der Waals surface area contributed by atoms with Crippen LogP contribution in [0.15, 0.2) is 0 Å². The summed E-state index contributed by atoms with van der Waals surface area (Å²) in [6.45, 7) is 11.1. The molecule has 0 heterocycles. The highest BCUT2D eigenvalue weighted by atomic mass is 16.6. The van der Waals surface area contributed by atoms with Gasteiger partial charge < -0.3 is 33.2 Å². The molecule has 0 fully saturated rings. The van der Waals surface area contributed by atoms with E-state index in [0.717, 1.165) is 19.4 Å². The Balaban J connectivity index is 3.02. The fourth-order valence-electron chi connectivity index (χ4n) is 2.15. The van der Waals surface area contributed by atoms with Gasteiger partial charge in [0.05, 0.1) is 72.7 Å². The second kappa shape index (κ2) is 25.3. The highest BCUT2D eigenvalue weighted by Crippen LogP contribution is 1.94. The van der Waals surface area contributed by atoms with E-state index in [0.29, 0.717) is 85.7 Å². The molecule has 8 nitrogen and oxygen atoms in total. The maximum Gasteiger partial charge on any atom is 0.305 e. The minimum absolute atomic E-state index is 0.177. The maximum atomic E-state index is 11.1. The number of esters is 1. The summed E-state index contributed by atoms with van der Waals surface area (Å²) < 4.78 is 37.4. The van der Waals surface area contributed by atoms with Crippen LogP contribution in [0.2, 0.25) is 0 Å². The van der Waals surface area contributed by atoms with Crippen molar-refractivity contribution in [1.29, 1.82) is 0 Å². The number of carbonyl (C=O) groups excluding carboxylic acids is 1. The van der Waals surface area contributed by atoms with E-state index in [1.807, 2.05) is 6.92 Å². The predicted molar refractivity (Wildman–Crippen MR) is 110 cm³/mol. The molecule has 0 rings (SSSR count). The molecule has 0 bridgehead atoms. The zero-order valence-electron chi connectivity index (χ0n) is 18.5. The minimum atomic E-state index is -0.177. The third-order valence-electron chi connectivity index (χ3n) is 3.70. The van der Waals surface area contributed by atoms with Crippen molar-refractivity contribution in [3.8, 4) is 0 Å². The molecule has 0 unspecified atom stereocenters. The number of ether oxygens (including phenoxy) is 7. The normalized spacial score (nSPS) is 11.1. The van der Waals surface area contributed by atoms with Crippen LogP contribution in [-0.4, -0.2) is 91.9 Å². The van der Waals surface area contributed by atoms with Crippen LogP contribution in [0, 0.1) is 0 Å². The Morgan fingerprint density at radius 2 is 0.862 bits per heavy atom. The lowest BCUT2D eigenvalue weighted by atomic mass is 10.3. The van der Waals surface area contributed by atoms with Gasteiger partial charge in [0.2, 0.25) is 0 Å². The Morgan fingerprint density at radius 3 is 1.24 bits per heavy atom. The molecule has 8 heteroatoms. The number of hydrogen-bond acceptors (Lipinski definition) is 8. The van der Waals surface area contributed by atoms with Gasteiger partial charge in [0.25, 0.3) is 0 Å². The minimum Gasteiger partial charge on any atom is -0.463 e. The summed E-state index contributed by atoms with van der Waals surface area (Å²) in [5.41, 5.74) is 0. The van der Waals surface area contributed by atoms with E-state index >= 15 is 0 Å². The van der Waals surface area contributed by atoms with Crippen molar-refractivity contribution in [3.63, 3.8) is 0 Å². The monoisotopic (exact) mass is 422 g/mol. The number of unbranched alkanes of at least 4 members (excludes halogenated alkanes) is 2. The molecular weight excluding hydrogens is 380 g/mol. The molecule has 0 aromatic heterocycles. The van der Waals surface area contributed by atoms with Crippen LogP contribution in [0.3, 0.4) is 0 Å². The smallest absolute Gasteiger partial charge is 0.305 e. The lowest BCUT2D eigenvalue weighted by Crippen LogP contribution is -2.15. The van der Waals surface area contributed by atoms with Gasteiger partial charge in [-0.1, -0.05) is 26.7 Å². The lowest BCUT2D eigenvalue weighted by Gasteiger charge is -2.08. The first kappa shape index (κ1) is 28.2. The van der Waals surface area contributed by atoms with Crippen LogP contribution in [-0.2, 0) is 38.0 Å². The van der Waals surface area contributed by atoms with E-state index < -0.39 is 0 Å². The number of carbonyl (C=O) groups is 1. The van der Waals surface area contributed by atoms with Gasteiger partial charge in [-0.25, -0.2) is 0 Å². The maximum absolute atomic E-state index is 11.1. The molecule has 174 valence electrons. The Kier molecular flexibility index (Phi) is 24.6. The summed E-state index contributed by atoms with van der Waals surface area (Å²) in [7, 11) is 0. The largest absolute Gasteiger partial charge is 0.463 e. The van der Waals surface area contributed by atoms with Gasteiger partial charge in [0.15, 0.2) is 0 Å². The number of rotatable bonds is 24. The molecule has 0 spiro atoms. The third-order valence-corrected chi connectivity index (χ3v) is 3.70. The van der Waals surface area contributed by atoms with Crippen LogP contribution in [0.25, 0.3) is 0 Å². The Morgan fingerprint density at radius 1 is 0.483 bits per heavy atom. The molecule has 0 saturated carbocycles. The Hall–Kier alpha value is -0.770. The van der Waals surface area contributed by atoms with Crippen molar-refractivity contribution in [3.05, 3.63) is 0 Å². The standard InChI is InChI=1S/C21H42O8/c1-3-5-6-8-23-9-10-24-11-12-25-13-14-26-15-16-27-17-18-28-19-20-29-21(22)7-4-2/h3-20H2,1-2H3. The fraction of sp³-hybridized carbons (Fsp3) is 0.952. The molecule has 0 amide bonds. The third kappa shape index (κ3) is 25.2. The first-order valence-electron chi connectivity index (χ1n) is 10.9. The van der Waals surface area contributed by atoms with Gasteiger partial charge in [0.1, 0.15) is 6.61 Å². The van der Waals surface area contributed by atoms with Crippen LogP contribution < -0.4 is 0 Å². The topological polar surface area (TPSA) is 81.7 Å². The average Bonchev–Trinajstić information content (AvgIpc) is 2.72. The van der Waals surface area contributed by atoms with Crippen molar-refractivity contribution in [2.45, 2.75) is 46.0 Å². The van der Waals surface area contributed by atoms with Crippen molar-refractivity contribution in [2.24, 2.45) is 0 Å². The summed E-state index contributed by atoms with van der Waals surface area (Å²) in [5, 5.41) is 0. The van der Waals surface area contributed by atoms with Crippen LogP contribution >= 0.6 is 0 Å². The molecule has 0 atom stereocenters. The quantitative estimate of drug-likeness (QED) is 0.173. The van der Waals surface area contributed by atoms with Gasteiger partial charge >= 0.3 is 5.97 Å². The second-order valence-electron chi connectivity index (χ2n) is 6.35. The summed E-state index contributed by atoms with van der Waals surface area (Å²) in [6, 6.07) is 0. The number of hydrogen-bond donors (Lipinski definition) is 0. The van der Waals surface area contributed by atoms with E-state index in [9.17, 15) is 4.79 Å². The van der Waals surface area contributed by atoms with Gasteiger partial charge in [-0.15, -0.1) is 0 Å². The van der Waals surface area contributed by atoms with Gasteiger partial charge in [-0.3, -0.25) is 4.79 Å². The van der Waals surface area contributed by atoms with E-state index in [2.05, 4.69) is 6.92 Å². The first-order chi connectivity index (χ1) is 14.3. The fourth-order valence-corrected chi connectivity index (χ4v) is 2.15. The summed E-state index contributed by atoms with van der Waals surface area (Å²) in [6.07, 6.45) is 4.80. The summed E-state index contributed by atoms with van der Waals surface area (Å²) in [5.74, 6) is -0.177. The van der Waals surface area contributed by atoms with Gasteiger partial charge in [0, 0.05) is 13.0 Å². The zero-order chi connectivity index (χ0) is 21.3. The first-order valence-corrected chi connectivity index (χ1v) is 10.9.